The summed E-state index contributed by atoms with van der Waals surface area (Å²) in [4.78, 5) is 26.7. The van der Waals surface area contributed by atoms with Crippen LogP contribution in [-0.2, 0) is 4.74 Å². The average Bonchev–Trinajstić information content (AvgIpc) is 3.44. The first kappa shape index (κ1) is 24.6. The molecule has 1 spiro atoms. The lowest BCUT2D eigenvalue weighted by atomic mass is 9.71. The lowest BCUT2D eigenvalue weighted by Gasteiger charge is -2.46. The van der Waals surface area contributed by atoms with Crippen molar-refractivity contribution in [3.63, 3.8) is 0 Å². The number of nitrogens with zero attached hydrogens (tertiary/aromatic N) is 5. The first-order valence-corrected chi connectivity index (χ1v) is 13.3. The Bertz CT molecular complexity index is 1260. The standard InChI is InChI=1S/C27H35N9O2/c1-35-12-14-36(15-13-35)20-4-2-18(3-5-20)30-26-23(24(28)37)32-22(21-8-11-29-34-21)25(33-26)31-19-6-9-27(10-7-19)16-38-17-27/h2-5,8,11,19H,6-7,9-10,12-17H2,1H3,(H2,28,37)(H,29,34)(H2,30,31,33). The van der Waals surface area contributed by atoms with E-state index in [1.807, 2.05) is 18.2 Å². The van der Waals surface area contributed by atoms with Gasteiger partial charge in [0.25, 0.3) is 5.91 Å². The van der Waals surface area contributed by atoms with Gasteiger partial charge in [-0.2, -0.15) is 5.10 Å². The van der Waals surface area contributed by atoms with Gasteiger partial charge in [0.2, 0.25) is 0 Å². The number of likely N-dealkylation sites (N-methyl/N-ethyl adjacent to an activating group) is 1. The van der Waals surface area contributed by atoms with Crippen molar-refractivity contribution >= 4 is 28.9 Å². The highest BCUT2D eigenvalue weighted by atomic mass is 16.5. The van der Waals surface area contributed by atoms with Crippen LogP contribution in [0.15, 0.2) is 36.5 Å². The van der Waals surface area contributed by atoms with Gasteiger partial charge in [-0.3, -0.25) is 9.89 Å². The summed E-state index contributed by atoms with van der Waals surface area (Å²) in [5, 5.41) is 14.0. The Morgan fingerprint density at radius 3 is 2.39 bits per heavy atom. The number of anilines is 4. The van der Waals surface area contributed by atoms with E-state index in [9.17, 15) is 4.79 Å². The fourth-order valence-corrected chi connectivity index (χ4v) is 5.57. The molecule has 5 N–H and O–H groups in total. The topological polar surface area (TPSA) is 137 Å². The molecule has 4 heterocycles. The molecule has 0 unspecified atom stereocenters. The molecule has 200 valence electrons. The molecule has 6 rings (SSSR count). The number of hydrogen-bond acceptors (Lipinski definition) is 9. The number of aromatic nitrogens is 4. The van der Waals surface area contributed by atoms with Crippen molar-refractivity contribution in [1.82, 2.24) is 25.1 Å². The van der Waals surface area contributed by atoms with Crippen LogP contribution in [0.25, 0.3) is 11.4 Å². The van der Waals surface area contributed by atoms with E-state index in [1.54, 1.807) is 6.20 Å². The molecular weight excluding hydrogens is 482 g/mol. The Labute approximate surface area is 222 Å². The number of nitrogens with two attached hydrogens (primary N) is 1. The Hall–Kier alpha value is -3.70. The number of primary amides is 1. The zero-order chi connectivity index (χ0) is 26.1. The van der Waals surface area contributed by atoms with Crippen LogP contribution in [-0.4, -0.2) is 83.5 Å². The summed E-state index contributed by atoms with van der Waals surface area (Å²) >= 11 is 0. The molecule has 11 nitrogen and oxygen atoms in total. The molecule has 0 radical (unpaired) electrons. The number of nitrogens with one attached hydrogen (secondary N) is 3. The molecule has 3 aromatic rings. The molecule has 38 heavy (non-hydrogen) atoms. The van der Waals surface area contributed by atoms with Crippen molar-refractivity contribution < 1.29 is 9.53 Å². The Morgan fingerprint density at radius 1 is 1.05 bits per heavy atom. The molecule has 1 aliphatic carbocycles. The van der Waals surface area contributed by atoms with Gasteiger partial charge in [-0.25, -0.2) is 9.97 Å². The van der Waals surface area contributed by atoms with Crippen LogP contribution in [0.3, 0.4) is 0 Å². The van der Waals surface area contributed by atoms with Gasteiger partial charge in [-0.15, -0.1) is 0 Å². The predicted molar refractivity (Wildman–Crippen MR) is 147 cm³/mol. The highest BCUT2D eigenvalue weighted by molar-refractivity contribution is 5.97. The fourth-order valence-electron chi connectivity index (χ4n) is 5.57. The number of ether oxygens (including phenoxy) is 1. The Morgan fingerprint density at radius 2 is 1.79 bits per heavy atom. The van der Waals surface area contributed by atoms with E-state index in [1.165, 1.54) is 5.69 Å². The van der Waals surface area contributed by atoms with Crippen LogP contribution in [0.2, 0.25) is 0 Å². The van der Waals surface area contributed by atoms with Crippen LogP contribution < -0.4 is 21.3 Å². The highest BCUT2D eigenvalue weighted by Gasteiger charge is 2.41. The maximum Gasteiger partial charge on any atom is 0.271 e. The molecule has 0 atom stereocenters. The second-order valence-electron chi connectivity index (χ2n) is 10.8. The van der Waals surface area contributed by atoms with Crippen molar-refractivity contribution in [2.45, 2.75) is 31.7 Å². The van der Waals surface area contributed by atoms with Gasteiger partial charge in [-0.1, -0.05) is 0 Å². The minimum atomic E-state index is -0.651. The zero-order valence-corrected chi connectivity index (χ0v) is 21.7. The van der Waals surface area contributed by atoms with Gasteiger partial charge in [0, 0.05) is 55.2 Å². The molecule has 0 bridgehead atoms. The number of piperazine rings is 1. The number of carbonyl (C=O) groups excluding carboxylic acids is 1. The molecule has 1 amide bonds. The fraction of sp³-hybridized carbons (Fsp3) is 0.481. The van der Waals surface area contributed by atoms with Crippen molar-refractivity contribution in [1.29, 1.82) is 0 Å². The normalized spacial score (nSPS) is 19.8. The molecule has 2 aliphatic heterocycles. The van der Waals surface area contributed by atoms with Crippen LogP contribution in [0.5, 0.6) is 0 Å². The third-order valence-electron chi connectivity index (χ3n) is 8.07. The molecule has 3 aliphatic rings. The minimum absolute atomic E-state index is 0.0749. The summed E-state index contributed by atoms with van der Waals surface area (Å²) in [5.74, 6) is 0.262. The van der Waals surface area contributed by atoms with Crippen molar-refractivity contribution in [3.8, 4) is 11.4 Å². The second-order valence-corrected chi connectivity index (χ2v) is 10.8. The number of aromatic amines is 1. The smallest absolute Gasteiger partial charge is 0.271 e. The average molecular weight is 518 g/mol. The van der Waals surface area contributed by atoms with Crippen molar-refractivity contribution in [3.05, 3.63) is 42.2 Å². The maximum atomic E-state index is 12.4. The Kier molecular flexibility index (Phi) is 6.62. The number of benzene rings is 1. The third-order valence-corrected chi connectivity index (χ3v) is 8.07. The molecule has 2 saturated heterocycles. The number of hydrogen-bond donors (Lipinski definition) is 4. The molecule has 1 aromatic carbocycles. The molecule has 2 aromatic heterocycles. The number of amides is 1. The largest absolute Gasteiger partial charge is 0.380 e. The second kappa shape index (κ2) is 10.2. The summed E-state index contributed by atoms with van der Waals surface area (Å²) < 4.78 is 5.48. The lowest BCUT2D eigenvalue weighted by molar-refractivity contribution is -0.131. The predicted octanol–water partition coefficient (Wildman–Crippen LogP) is 2.83. The van der Waals surface area contributed by atoms with Gasteiger partial charge in [0.1, 0.15) is 11.4 Å². The van der Waals surface area contributed by atoms with E-state index in [2.05, 4.69) is 54.8 Å². The summed E-state index contributed by atoms with van der Waals surface area (Å²) in [6.45, 7) is 5.83. The van der Waals surface area contributed by atoms with E-state index in [0.717, 1.165) is 70.8 Å². The lowest BCUT2D eigenvalue weighted by Crippen LogP contribution is -2.47. The molecule has 11 heteroatoms. The van der Waals surface area contributed by atoms with Crippen LogP contribution in [0.4, 0.5) is 23.0 Å². The van der Waals surface area contributed by atoms with Gasteiger partial charge >= 0.3 is 0 Å². The van der Waals surface area contributed by atoms with E-state index < -0.39 is 5.91 Å². The number of carbonyl (C=O) groups is 1. The third kappa shape index (κ3) is 5.03. The molecule has 3 fully saturated rings. The van der Waals surface area contributed by atoms with Crippen LogP contribution >= 0.6 is 0 Å². The van der Waals surface area contributed by atoms with Crippen LogP contribution in [0, 0.1) is 5.41 Å². The molecular formula is C27H35N9O2. The van der Waals surface area contributed by atoms with Gasteiger partial charge in [0.05, 0.1) is 13.2 Å². The van der Waals surface area contributed by atoms with Crippen LogP contribution in [0.1, 0.15) is 36.2 Å². The van der Waals surface area contributed by atoms with Crippen molar-refractivity contribution in [2.75, 3.05) is 62.0 Å². The highest BCUT2D eigenvalue weighted by Crippen LogP contribution is 2.43. The van der Waals surface area contributed by atoms with E-state index in [0.29, 0.717) is 28.4 Å². The first-order valence-electron chi connectivity index (χ1n) is 13.3. The molecule has 1 saturated carbocycles. The Balaban J connectivity index is 1.26. The zero-order valence-electron chi connectivity index (χ0n) is 21.7. The van der Waals surface area contributed by atoms with Gasteiger partial charge in [-0.05, 0) is 63.1 Å². The van der Waals surface area contributed by atoms with E-state index in [4.69, 9.17) is 15.5 Å². The van der Waals surface area contributed by atoms with Gasteiger partial charge in [0.15, 0.2) is 17.3 Å². The van der Waals surface area contributed by atoms with Gasteiger partial charge < -0.3 is 30.9 Å². The summed E-state index contributed by atoms with van der Waals surface area (Å²) in [6, 6.07) is 10.2. The first-order chi connectivity index (χ1) is 18.5. The summed E-state index contributed by atoms with van der Waals surface area (Å²) in [7, 11) is 2.15. The minimum Gasteiger partial charge on any atom is -0.380 e. The number of rotatable bonds is 7. The monoisotopic (exact) mass is 517 g/mol. The van der Waals surface area contributed by atoms with E-state index >= 15 is 0 Å². The van der Waals surface area contributed by atoms with E-state index in [-0.39, 0.29) is 11.7 Å². The summed E-state index contributed by atoms with van der Waals surface area (Å²) in [6.07, 6.45) is 6.03. The summed E-state index contributed by atoms with van der Waals surface area (Å²) in [5.41, 5.74) is 9.27. The quantitative estimate of drug-likeness (QED) is 0.373. The number of H-pyrrole nitrogens is 1. The van der Waals surface area contributed by atoms with Crippen molar-refractivity contribution in [2.24, 2.45) is 11.1 Å². The SMILES string of the molecule is CN1CCN(c2ccc(Nc3nc(NC4CCC5(CC4)COC5)c(-c4cc[nH]n4)nc3C(N)=O)cc2)CC1. The maximum absolute atomic E-state index is 12.4.